The Hall–Kier alpha value is -1.13. The maximum atomic E-state index is 13.6. The van der Waals surface area contributed by atoms with Crippen LogP contribution in [0.2, 0.25) is 0 Å². The third kappa shape index (κ3) is 4.40. The molecule has 2 heterocycles. The topological polar surface area (TPSA) is 70.7 Å². The smallest absolute Gasteiger partial charge is 0.279 e. The van der Waals surface area contributed by atoms with Crippen LogP contribution in [-0.4, -0.2) is 57.2 Å². The van der Waals surface area contributed by atoms with Crippen LogP contribution in [0.5, 0.6) is 0 Å². The SMILES string of the molecule is CC1CN(S(=O)(=O)NC2CNCCC2c2ccc(F)c(F)c2)CC(C)O1. The lowest BCUT2D eigenvalue weighted by molar-refractivity contribution is -0.0445. The summed E-state index contributed by atoms with van der Waals surface area (Å²) in [5, 5.41) is 3.17. The van der Waals surface area contributed by atoms with Gasteiger partial charge in [-0.15, -0.1) is 0 Å². The summed E-state index contributed by atoms with van der Waals surface area (Å²) in [5.74, 6) is -2.05. The Morgan fingerprint density at radius 2 is 1.88 bits per heavy atom. The molecule has 0 aromatic heterocycles. The molecular weight excluding hydrogens is 364 g/mol. The Bertz CT molecular complexity index is 737. The molecule has 2 saturated heterocycles. The molecule has 1 aromatic carbocycles. The number of ether oxygens (including phenoxy) is 1. The van der Waals surface area contributed by atoms with E-state index in [9.17, 15) is 17.2 Å². The van der Waals surface area contributed by atoms with E-state index >= 15 is 0 Å². The molecule has 9 heteroatoms. The first-order valence-corrected chi connectivity index (χ1v) is 10.3. The van der Waals surface area contributed by atoms with E-state index in [1.54, 1.807) is 0 Å². The van der Waals surface area contributed by atoms with Gasteiger partial charge in [0.1, 0.15) is 0 Å². The van der Waals surface area contributed by atoms with Crippen molar-refractivity contribution < 1.29 is 21.9 Å². The lowest BCUT2D eigenvalue weighted by atomic mass is 9.86. The molecule has 2 N–H and O–H groups in total. The minimum absolute atomic E-state index is 0.179. The van der Waals surface area contributed by atoms with Crippen molar-refractivity contribution in [3.8, 4) is 0 Å². The minimum atomic E-state index is -3.71. The van der Waals surface area contributed by atoms with Crippen LogP contribution in [0.1, 0.15) is 31.7 Å². The maximum absolute atomic E-state index is 13.6. The highest BCUT2D eigenvalue weighted by Crippen LogP contribution is 2.28. The van der Waals surface area contributed by atoms with Crippen LogP contribution >= 0.6 is 0 Å². The van der Waals surface area contributed by atoms with Gasteiger partial charge in [-0.05, 0) is 44.5 Å². The molecule has 4 atom stereocenters. The second kappa shape index (κ2) is 7.85. The van der Waals surface area contributed by atoms with E-state index in [-0.39, 0.29) is 31.2 Å². The summed E-state index contributed by atoms with van der Waals surface area (Å²) in [4.78, 5) is 0. The molecule has 2 aliphatic heterocycles. The molecule has 0 saturated carbocycles. The third-order valence-electron chi connectivity index (χ3n) is 4.88. The van der Waals surface area contributed by atoms with E-state index in [1.165, 1.54) is 10.4 Å². The number of hydrogen-bond donors (Lipinski definition) is 2. The number of hydrogen-bond acceptors (Lipinski definition) is 4. The van der Waals surface area contributed by atoms with Gasteiger partial charge in [0.2, 0.25) is 0 Å². The van der Waals surface area contributed by atoms with E-state index in [2.05, 4.69) is 10.0 Å². The lowest BCUT2D eigenvalue weighted by Gasteiger charge is -2.38. The Labute approximate surface area is 153 Å². The van der Waals surface area contributed by atoms with Gasteiger partial charge >= 0.3 is 0 Å². The average Bonchev–Trinajstić information content (AvgIpc) is 2.57. The van der Waals surface area contributed by atoms with E-state index in [4.69, 9.17) is 4.74 Å². The standard InChI is InChI=1S/C17H25F2N3O3S/c1-11-9-22(10-12(2)25-11)26(23,24)21-17-8-20-6-5-14(17)13-3-4-15(18)16(19)7-13/h3-4,7,11-12,14,17,20-21H,5-6,8-10H2,1-2H3. The zero-order valence-corrected chi connectivity index (χ0v) is 15.7. The maximum Gasteiger partial charge on any atom is 0.279 e. The first-order valence-electron chi connectivity index (χ1n) is 8.85. The summed E-state index contributed by atoms with van der Waals surface area (Å²) < 4.78 is 62.3. The number of piperidine rings is 1. The van der Waals surface area contributed by atoms with Crippen molar-refractivity contribution in [1.82, 2.24) is 14.3 Å². The highest BCUT2D eigenvalue weighted by atomic mass is 32.2. The molecular formula is C17H25F2N3O3S. The predicted octanol–water partition coefficient (Wildman–Crippen LogP) is 1.35. The van der Waals surface area contributed by atoms with Crippen LogP contribution in [-0.2, 0) is 14.9 Å². The average molecular weight is 389 g/mol. The van der Waals surface area contributed by atoms with Crippen LogP contribution in [0.25, 0.3) is 0 Å². The summed E-state index contributed by atoms with van der Waals surface area (Å²) in [6, 6.07) is 3.33. The first-order chi connectivity index (χ1) is 12.3. The number of nitrogens with zero attached hydrogens (tertiary/aromatic N) is 1. The van der Waals surface area contributed by atoms with Crippen LogP contribution in [0.15, 0.2) is 18.2 Å². The molecule has 2 aliphatic rings. The fourth-order valence-corrected chi connectivity index (χ4v) is 5.31. The van der Waals surface area contributed by atoms with Crippen molar-refractivity contribution >= 4 is 10.2 Å². The van der Waals surface area contributed by atoms with Crippen molar-refractivity contribution in [2.75, 3.05) is 26.2 Å². The largest absolute Gasteiger partial charge is 0.373 e. The Morgan fingerprint density at radius 1 is 1.19 bits per heavy atom. The zero-order valence-electron chi connectivity index (χ0n) is 14.9. The van der Waals surface area contributed by atoms with Crippen molar-refractivity contribution in [2.24, 2.45) is 0 Å². The number of halogens is 2. The van der Waals surface area contributed by atoms with Crippen LogP contribution in [0.3, 0.4) is 0 Å². The number of rotatable bonds is 4. The van der Waals surface area contributed by atoms with E-state index in [1.807, 2.05) is 13.8 Å². The fraction of sp³-hybridized carbons (Fsp3) is 0.647. The zero-order chi connectivity index (χ0) is 18.9. The van der Waals surface area contributed by atoms with Crippen LogP contribution in [0.4, 0.5) is 8.78 Å². The summed E-state index contributed by atoms with van der Waals surface area (Å²) in [5.41, 5.74) is 0.599. The van der Waals surface area contributed by atoms with Gasteiger partial charge in [-0.3, -0.25) is 0 Å². The number of benzene rings is 1. The minimum Gasteiger partial charge on any atom is -0.373 e. The van der Waals surface area contributed by atoms with Gasteiger partial charge in [-0.1, -0.05) is 6.07 Å². The van der Waals surface area contributed by atoms with Crippen molar-refractivity contribution in [1.29, 1.82) is 0 Å². The molecule has 0 amide bonds. The fourth-order valence-electron chi connectivity index (χ4n) is 3.72. The summed E-state index contributed by atoms with van der Waals surface area (Å²) in [6.07, 6.45) is 0.275. The van der Waals surface area contributed by atoms with Crippen molar-refractivity contribution in [3.05, 3.63) is 35.4 Å². The van der Waals surface area contributed by atoms with Gasteiger partial charge in [0.15, 0.2) is 11.6 Å². The normalized spacial score (nSPS) is 31.1. The Balaban J connectivity index is 1.78. The summed E-state index contributed by atoms with van der Waals surface area (Å²) in [7, 11) is -3.71. The van der Waals surface area contributed by atoms with Crippen molar-refractivity contribution in [3.63, 3.8) is 0 Å². The van der Waals surface area contributed by atoms with Gasteiger partial charge in [-0.25, -0.2) is 8.78 Å². The molecule has 2 fully saturated rings. The van der Waals surface area contributed by atoms with Gasteiger partial charge in [0.05, 0.1) is 12.2 Å². The summed E-state index contributed by atoms with van der Waals surface area (Å²) >= 11 is 0. The highest BCUT2D eigenvalue weighted by Gasteiger charge is 2.36. The Kier molecular flexibility index (Phi) is 5.93. The number of nitrogens with one attached hydrogen (secondary N) is 2. The predicted molar refractivity (Wildman–Crippen MR) is 94.0 cm³/mol. The molecule has 0 radical (unpaired) electrons. The van der Waals surface area contributed by atoms with Gasteiger partial charge < -0.3 is 10.1 Å². The lowest BCUT2D eigenvalue weighted by Crippen LogP contribution is -2.57. The first kappa shape index (κ1) is 19.6. The second-order valence-electron chi connectivity index (χ2n) is 7.08. The van der Waals surface area contributed by atoms with E-state index in [0.717, 1.165) is 12.1 Å². The molecule has 6 nitrogen and oxygen atoms in total. The molecule has 26 heavy (non-hydrogen) atoms. The van der Waals surface area contributed by atoms with Crippen LogP contribution in [0, 0.1) is 11.6 Å². The van der Waals surface area contributed by atoms with Crippen LogP contribution < -0.4 is 10.0 Å². The second-order valence-corrected chi connectivity index (χ2v) is 8.78. The summed E-state index contributed by atoms with van der Waals surface area (Å²) in [6.45, 7) is 5.37. The number of morpholine rings is 1. The van der Waals surface area contributed by atoms with E-state index in [0.29, 0.717) is 25.1 Å². The van der Waals surface area contributed by atoms with E-state index < -0.39 is 27.9 Å². The molecule has 0 bridgehead atoms. The Morgan fingerprint density at radius 3 is 2.54 bits per heavy atom. The van der Waals surface area contributed by atoms with Gasteiger partial charge in [-0.2, -0.15) is 17.4 Å². The quantitative estimate of drug-likeness (QED) is 0.816. The highest BCUT2D eigenvalue weighted by molar-refractivity contribution is 7.87. The van der Waals surface area contributed by atoms with Gasteiger partial charge in [0, 0.05) is 31.6 Å². The van der Waals surface area contributed by atoms with Crippen molar-refractivity contribution in [2.45, 2.75) is 44.4 Å². The van der Waals surface area contributed by atoms with Gasteiger partial charge in [0.25, 0.3) is 10.2 Å². The molecule has 3 rings (SSSR count). The molecule has 4 unspecified atom stereocenters. The monoisotopic (exact) mass is 389 g/mol. The third-order valence-corrected chi connectivity index (χ3v) is 6.46. The molecule has 1 aromatic rings. The molecule has 0 spiro atoms. The molecule has 146 valence electrons. The molecule has 0 aliphatic carbocycles.